The van der Waals surface area contributed by atoms with Crippen molar-refractivity contribution in [1.82, 2.24) is 10.3 Å². The number of hydrogen-bond donors (Lipinski definition) is 2. The van der Waals surface area contributed by atoms with E-state index in [1.807, 2.05) is 18.3 Å². The summed E-state index contributed by atoms with van der Waals surface area (Å²) in [6.45, 7) is 5.26. The SMILES string of the molecule is COc1ccc(C(CN)NC2CCC(C)(C)C2)cn1. The molecule has 0 aromatic carbocycles. The van der Waals surface area contributed by atoms with Crippen molar-refractivity contribution < 1.29 is 4.74 Å². The number of nitrogens with two attached hydrogens (primary N) is 1. The molecule has 1 aromatic heterocycles. The van der Waals surface area contributed by atoms with Crippen LogP contribution in [0.4, 0.5) is 0 Å². The maximum absolute atomic E-state index is 5.90. The van der Waals surface area contributed by atoms with Crippen LogP contribution < -0.4 is 15.8 Å². The fourth-order valence-electron chi connectivity index (χ4n) is 2.88. The molecule has 4 heteroatoms. The van der Waals surface area contributed by atoms with Gasteiger partial charge in [0, 0.05) is 30.9 Å². The van der Waals surface area contributed by atoms with E-state index in [4.69, 9.17) is 10.5 Å². The molecule has 19 heavy (non-hydrogen) atoms. The molecule has 0 bridgehead atoms. The third-order valence-electron chi connectivity index (χ3n) is 4.01. The van der Waals surface area contributed by atoms with Crippen molar-refractivity contribution in [3.05, 3.63) is 23.9 Å². The van der Waals surface area contributed by atoms with Gasteiger partial charge in [0.1, 0.15) is 0 Å². The van der Waals surface area contributed by atoms with Gasteiger partial charge in [0.15, 0.2) is 0 Å². The predicted molar refractivity (Wildman–Crippen MR) is 77.1 cm³/mol. The van der Waals surface area contributed by atoms with Crippen LogP contribution >= 0.6 is 0 Å². The Morgan fingerprint density at radius 1 is 1.53 bits per heavy atom. The molecule has 1 heterocycles. The number of aromatic nitrogens is 1. The van der Waals surface area contributed by atoms with Crippen molar-refractivity contribution >= 4 is 0 Å². The molecule has 1 saturated carbocycles. The third kappa shape index (κ3) is 3.67. The molecule has 4 nitrogen and oxygen atoms in total. The summed E-state index contributed by atoms with van der Waals surface area (Å²) in [5.41, 5.74) is 7.49. The zero-order valence-corrected chi connectivity index (χ0v) is 12.1. The summed E-state index contributed by atoms with van der Waals surface area (Å²) < 4.78 is 5.08. The van der Waals surface area contributed by atoms with E-state index in [1.54, 1.807) is 7.11 Å². The van der Waals surface area contributed by atoms with E-state index < -0.39 is 0 Å². The van der Waals surface area contributed by atoms with E-state index in [0.29, 0.717) is 23.9 Å². The lowest BCUT2D eigenvalue weighted by atomic mass is 9.91. The normalized spacial score (nSPS) is 23.3. The van der Waals surface area contributed by atoms with Crippen molar-refractivity contribution in [1.29, 1.82) is 0 Å². The Labute approximate surface area is 115 Å². The standard InChI is InChI=1S/C15H25N3O/c1-15(2)7-6-12(8-15)18-13(9-16)11-4-5-14(19-3)17-10-11/h4-5,10,12-13,18H,6-9,16H2,1-3H3. The fraction of sp³-hybridized carbons (Fsp3) is 0.667. The van der Waals surface area contributed by atoms with Gasteiger partial charge < -0.3 is 15.8 Å². The van der Waals surface area contributed by atoms with E-state index in [0.717, 1.165) is 5.56 Å². The number of methoxy groups -OCH3 is 1. The molecule has 1 fully saturated rings. The van der Waals surface area contributed by atoms with Gasteiger partial charge in [-0.2, -0.15) is 0 Å². The number of nitrogens with one attached hydrogen (secondary N) is 1. The largest absolute Gasteiger partial charge is 0.481 e. The summed E-state index contributed by atoms with van der Waals surface area (Å²) in [5, 5.41) is 3.67. The summed E-state index contributed by atoms with van der Waals surface area (Å²) in [5.74, 6) is 0.640. The van der Waals surface area contributed by atoms with Crippen molar-refractivity contribution in [2.75, 3.05) is 13.7 Å². The van der Waals surface area contributed by atoms with E-state index in [2.05, 4.69) is 24.1 Å². The van der Waals surface area contributed by atoms with Crippen LogP contribution in [0.15, 0.2) is 18.3 Å². The molecule has 2 unspecified atom stereocenters. The lowest BCUT2D eigenvalue weighted by Crippen LogP contribution is -2.35. The first-order valence-corrected chi connectivity index (χ1v) is 7.00. The fourth-order valence-corrected chi connectivity index (χ4v) is 2.88. The zero-order chi connectivity index (χ0) is 13.9. The van der Waals surface area contributed by atoms with Crippen molar-refractivity contribution in [2.45, 2.75) is 45.2 Å². The number of nitrogens with zero attached hydrogens (tertiary/aromatic N) is 1. The first-order valence-electron chi connectivity index (χ1n) is 7.00. The number of pyridine rings is 1. The highest BCUT2D eigenvalue weighted by Crippen LogP contribution is 2.37. The van der Waals surface area contributed by atoms with Gasteiger partial charge in [-0.3, -0.25) is 0 Å². The average molecular weight is 263 g/mol. The highest BCUT2D eigenvalue weighted by molar-refractivity contribution is 5.21. The lowest BCUT2D eigenvalue weighted by Gasteiger charge is -2.23. The minimum atomic E-state index is 0.178. The van der Waals surface area contributed by atoms with E-state index >= 15 is 0 Å². The van der Waals surface area contributed by atoms with Crippen molar-refractivity contribution in [3.63, 3.8) is 0 Å². The summed E-state index contributed by atoms with van der Waals surface area (Å²) >= 11 is 0. The van der Waals surface area contributed by atoms with Crippen LogP contribution in [0.5, 0.6) is 5.88 Å². The van der Waals surface area contributed by atoms with Gasteiger partial charge in [-0.25, -0.2) is 4.98 Å². The molecule has 1 aliphatic rings. The van der Waals surface area contributed by atoms with E-state index in [1.165, 1.54) is 19.3 Å². The van der Waals surface area contributed by atoms with Crippen LogP contribution in [0, 0.1) is 5.41 Å². The van der Waals surface area contributed by atoms with Crippen LogP contribution in [-0.2, 0) is 0 Å². The van der Waals surface area contributed by atoms with E-state index in [9.17, 15) is 0 Å². The van der Waals surface area contributed by atoms with Crippen LogP contribution in [0.25, 0.3) is 0 Å². The second-order valence-electron chi connectivity index (χ2n) is 6.19. The van der Waals surface area contributed by atoms with Crippen molar-refractivity contribution in [3.8, 4) is 5.88 Å². The zero-order valence-electron chi connectivity index (χ0n) is 12.1. The summed E-state index contributed by atoms with van der Waals surface area (Å²) in [6.07, 6.45) is 5.58. The maximum Gasteiger partial charge on any atom is 0.212 e. The average Bonchev–Trinajstić information content (AvgIpc) is 2.75. The Bertz CT molecular complexity index is 402. The molecule has 2 rings (SSSR count). The lowest BCUT2D eigenvalue weighted by molar-refractivity contribution is 0.353. The van der Waals surface area contributed by atoms with Crippen LogP contribution in [0.3, 0.4) is 0 Å². The number of rotatable bonds is 5. The second-order valence-corrected chi connectivity index (χ2v) is 6.19. The molecule has 0 radical (unpaired) electrons. The Balaban J connectivity index is 1.99. The molecule has 0 amide bonds. The van der Waals surface area contributed by atoms with Gasteiger partial charge >= 0.3 is 0 Å². The summed E-state index contributed by atoms with van der Waals surface area (Å²) in [6, 6.07) is 4.66. The molecule has 3 N–H and O–H groups in total. The predicted octanol–water partition coefficient (Wildman–Crippen LogP) is 2.26. The topological polar surface area (TPSA) is 60.2 Å². The first kappa shape index (κ1) is 14.3. The smallest absolute Gasteiger partial charge is 0.212 e. The summed E-state index contributed by atoms with van der Waals surface area (Å²) in [4.78, 5) is 4.25. The maximum atomic E-state index is 5.90. The Hall–Kier alpha value is -1.13. The van der Waals surface area contributed by atoms with Crippen LogP contribution in [0.2, 0.25) is 0 Å². The highest BCUT2D eigenvalue weighted by Gasteiger charge is 2.31. The van der Waals surface area contributed by atoms with Gasteiger partial charge in [-0.15, -0.1) is 0 Å². The first-order chi connectivity index (χ1) is 9.04. The monoisotopic (exact) mass is 263 g/mol. The molecule has 106 valence electrons. The van der Waals surface area contributed by atoms with Gasteiger partial charge in [0.25, 0.3) is 0 Å². The second kappa shape index (κ2) is 5.88. The Kier molecular flexibility index (Phi) is 4.42. The molecule has 1 aliphatic carbocycles. The molecule has 0 spiro atoms. The van der Waals surface area contributed by atoms with Gasteiger partial charge in [-0.1, -0.05) is 19.9 Å². The minimum absolute atomic E-state index is 0.178. The van der Waals surface area contributed by atoms with Crippen LogP contribution in [-0.4, -0.2) is 24.7 Å². The molecular weight excluding hydrogens is 238 g/mol. The van der Waals surface area contributed by atoms with Gasteiger partial charge in [0.05, 0.1) is 7.11 Å². The molecule has 0 aliphatic heterocycles. The van der Waals surface area contributed by atoms with Gasteiger partial charge in [0.2, 0.25) is 5.88 Å². The Morgan fingerprint density at radius 3 is 2.79 bits per heavy atom. The van der Waals surface area contributed by atoms with Crippen molar-refractivity contribution in [2.24, 2.45) is 11.1 Å². The molecule has 1 aromatic rings. The minimum Gasteiger partial charge on any atom is -0.481 e. The highest BCUT2D eigenvalue weighted by atomic mass is 16.5. The Morgan fingerprint density at radius 2 is 2.32 bits per heavy atom. The molecular formula is C15H25N3O. The van der Waals surface area contributed by atoms with Gasteiger partial charge in [-0.05, 0) is 30.2 Å². The molecule has 2 atom stereocenters. The van der Waals surface area contributed by atoms with E-state index in [-0.39, 0.29) is 6.04 Å². The van der Waals surface area contributed by atoms with Crippen LogP contribution in [0.1, 0.15) is 44.7 Å². The quantitative estimate of drug-likeness (QED) is 0.855. The third-order valence-corrected chi connectivity index (χ3v) is 4.01. The molecule has 0 saturated heterocycles. The summed E-state index contributed by atoms with van der Waals surface area (Å²) in [7, 11) is 1.63. The number of ether oxygens (including phenoxy) is 1. The number of hydrogen-bond acceptors (Lipinski definition) is 4.